The summed E-state index contributed by atoms with van der Waals surface area (Å²) in [6.07, 6.45) is -4.36. The molecule has 0 spiro atoms. The van der Waals surface area contributed by atoms with Crippen LogP contribution in [0.25, 0.3) is 0 Å². The van der Waals surface area contributed by atoms with Crippen molar-refractivity contribution in [2.45, 2.75) is 19.7 Å². The molecule has 3 nitrogen and oxygen atoms in total. The van der Waals surface area contributed by atoms with Gasteiger partial charge in [-0.05, 0) is 13.0 Å². The van der Waals surface area contributed by atoms with E-state index in [0.29, 0.717) is 11.3 Å². The Hall–Kier alpha value is -1.27. The highest BCUT2D eigenvalue weighted by atomic mass is 19.4. The minimum absolute atomic E-state index is 0.240. The summed E-state index contributed by atoms with van der Waals surface area (Å²) in [5, 5.41) is 9.03. The van der Waals surface area contributed by atoms with Crippen molar-refractivity contribution in [1.29, 1.82) is 0 Å². The zero-order valence-corrected chi connectivity index (χ0v) is 9.25. The molecule has 6 heteroatoms. The molecule has 0 aliphatic carbocycles. The molecule has 1 N–H and O–H groups in total. The lowest BCUT2D eigenvalue weighted by Crippen LogP contribution is -2.19. The minimum Gasteiger partial charge on any atom is -0.467 e. The number of rotatable bonds is 5. The summed E-state index contributed by atoms with van der Waals surface area (Å²) in [6.45, 7) is -0.262. The second-order valence-electron chi connectivity index (χ2n) is 3.50. The number of aliphatic hydroxyl groups is 1. The van der Waals surface area contributed by atoms with E-state index in [4.69, 9.17) is 9.84 Å². The highest BCUT2D eigenvalue weighted by Crippen LogP contribution is 2.20. The van der Waals surface area contributed by atoms with Gasteiger partial charge in [0.05, 0.1) is 6.61 Å². The van der Waals surface area contributed by atoms with Crippen LogP contribution in [-0.4, -0.2) is 24.7 Å². The molecule has 0 heterocycles. The summed E-state index contributed by atoms with van der Waals surface area (Å²) in [4.78, 5) is 0. The van der Waals surface area contributed by atoms with E-state index in [1.807, 2.05) is 6.92 Å². The molecule has 0 saturated carbocycles. The van der Waals surface area contributed by atoms with Gasteiger partial charge in [0, 0.05) is 5.56 Å². The summed E-state index contributed by atoms with van der Waals surface area (Å²) in [5.41, 5.74) is 1.44. The molecule has 0 radical (unpaired) electrons. The number of hydrogen-bond donors (Lipinski definition) is 1. The minimum atomic E-state index is -4.36. The maximum absolute atomic E-state index is 11.8. The van der Waals surface area contributed by atoms with E-state index < -0.39 is 19.6 Å². The number of ether oxygens (including phenoxy) is 2. The van der Waals surface area contributed by atoms with E-state index in [1.165, 1.54) is 0 Å². The highest BCUT2D eigenvalue weighted by molar-refractivity contribution is 5.36. The topological polar surface area (TPSA) is 38.7 Å². The molecule has 1 rings (SSSR count). The number of aliphatic hydroxyl groups excluding tert-OH is 1. The zero-order chi connectivity index (χ0) is 12.9. The highest BCUT2D eigenvalue weighted by Gasteiger charge is 2.27. The van der Waals surface area contributed by atoms with Crippen LogP contribution >= 0.6 is 0 Å². The van der Waals surface area contributed by atoms with Crippen molar-refractivity contribution in [3.63, 3.8) is 0 Å². The monoisotopic (exact) mass is 250 g/mol. The lowest BCUT2D eigenvalue weighted by molar-refractivity contribution is -0.186. The molecule has 0 atom stereocenters. The second kappa shape index (κ2) is 5.88. The average molecular weight is 250 g/mol. The molecule has 0 amide bonds. The van der Waals surface area contributed by atoms with Crippen molar-refractivity contribution in [2.24, 2.45) is 0 Å². The first-order valence-corrected chi connectivity index (χ1v) is 4.90. The Morgan fingerprint density at radius 1 is 1.29 bits per heavy atom. The number of alkyl halides is 3. The number of benzene rings is 1. The fraction of sp³-hybridized carbons (Fsp3) is 0.455. The normalized spacial score (nSPS) is 11.6. The number of aryl methyl sites for hydroxylation is 1. The van der Waals surface area contributed by atoms with Crippen LogP contribution in [0.3, 0.4) is 0 Å². The molecule has 0 aliphatic heterocycles. The first kappa shape index (κ1) is 13.8. The predicted molar refractivity (Wildman–Crippen MR) is 54.6 cm³/mol. The summed E-state index contributed by atoms with van der Waals surface area (Å²) in [5.74, 6) is 0.320. The van der Waals surface area contributed by atoms with Gasteiger partial charge in [-0.1, -0.05) is 17.7 Å². The predicted octanol–water partition coefficient (Wildman–Crippen LogP) is 2.40. The molecule has 0 unspecified atom stereocenters. The van der Waals surface area contributed by atoms with Crippen LogP contribution in [0.4, 0.5) is 13.2 Å². The van der Waals surface area contributed by atoms with Crippen LogP contribution in [-0.2, 0) is 11.3 Å². The first-order valence-electron chi connectivity index (χ1n) is 4.90. The third-order valence-electron chi connectivity index (χ3n) is 1.95. The van der Waals surface area contributed by atoms with Crippen LogP contribution in [0.2, 0.25) is 0 Å². The third kappa shape index (κ3) is 5.06. The SMILES string of the molecule is Cc1ccc(OCOCC(F)(F)F)c(CO)c1. The van der Waals surface area contributed by atoms with Gasteiger partial charge < -0.3 is 14.6 Å². The van der Waals surface area contributed by atoms with Gasteiger partial charge in [0.15, 0.2) is 6.79 Å². The van der Waals surface area contributed by atoms with Gasteiger partial charge in [0.25, 0.3) is 0 Å². The molecule has 0 fully saturated rings. The van der Waals surface area contributed by atoms with Gasteiger partial charge in [-0.2, -0.15) is 13.2 Å². The van der Waals surface area contributed by atoms with Crippen LogP contribution in [0, 0.1) is 6.92 Å². The number of hydrogen-bond acceptors (Lipinski definition) is 3. The molecule has 0 aliphatic rings. The quantitative estimate of drug-likeness (QED) is 0.644. The van der Waals surface area contributed by atoms with Crippen molar-refractivity contribution in [3.8, 4) is 5.75 Å². The summed E-state index contributed by atoms with van der Waals surface area (Å²) in [6, 6.07) is 5.01. The van der Waals surface area contributed by atoms with Gasteiger partial charge >= 0.3 is 6.18 Å². The van der Waals surface area contributed by atoms with Crippen molar-refractivity contribution < 1.29 is 27.8 Å². The van der Waals surface area contributed by atoms with Crippen LogP contribution in [0.15, 0.2) is 18.2 Å². The van der Waals surface area contributed by atoms with E-state index in [0.717, 1.165) is 5.56 Å². The van der Waals surface area contributed by atoms with E-state index in [2.05, 4.69) is 4.74 Å². The molecule has 17 heavy (non-hydrogen) atoms. The Balaban J connectivity index is 2.46. The molecule has 96 valence electrons. The van der Waals surface area contributed by atoms with E-state index >= 15 is 0 Å². The third-order valence-corrected chi connectivity index (χ3v) is 1.95. The van der Waals surface area contributed by atoms with Gasteiger partial charge in [-0.15, -0.1) is 0 Å². The average Bonchev–Trinajstić information content (AvgIpc) is 2.24. The van der Waals surface area contributed by atoms with Gasteiger partial charge in [-0.3, -0.25) is 0 Å². The second-order valence-corrected chi connectivity index (χ2v) is 3.50. The molecule has 1 aromatic rings. The maximum atomic E-state index is 11.8. The summed E-state index contributed by atoms with van der Waals surface area (Å²) >= 11 is 0. The van der Waals surface area contributed by atoms with Crippen LogP contribution in [0.1, 0.15) is 11.1 Å². The van der Waals surface area contributed by atoms with Crippen LogP contribution in [0.5, 0.6) is 5.75 Å². The van der Waals surface area contributed by atoms with Gasteiger partial charge in [-0.25, -0.2) is 0 Å². The Bertz CT molecular complexity index is 363. The Morgan fingerprint density at radius 3 is 2.59 bits per heavy atom. The van der Waals surface area contributed by atoms with Crippen molar-refractivity contribution >= 4 is 0 Å². The standard InChI is InChI=1S/C11H13F3O3/c1-8-2-3-10(9(4-8)5-15)17-7-16-6-11(12,13)14/h2-4,15H,5-7H2,1H3. The van der Waals surface area contributed by atoms with Crippen LogP contribution < -0.4 is 4.74 Å². The largest absolute Gasteiger partial charge is 0.467 e. The fourth-order valence-corrected chi connectivity index (χ4v) is 1.24. The molecule has 1 aromatic carbocycles. The molecule has 0 bridgehead atoms. The van der Waals surface area contributed by atoms with E-state index in [1.54, 1.807) is 18.2 Å². The lowest BCUT2D eigenvalue weighted by Gasteiger charge is -2.12. The summed E-state index contributed by atoms with van der Waals surface area (Å²) in [7, 11) is 0. The fourth-order valence-electron chi connectivity index (χ4n) is 1.24. The Morgan fingerprint density at radius 2 is 2.00 bits per heavy atom. The molecule has 0 aromatic heterocycles. The lowest BCUT2D eigenvalue weighted by atomic mass is 10.1. The van der Waals surface area contributed by atoms with E-state index in [-0.39, 0.29) is 6.61 Å². The maximum Gasteiger partial charge on any atom is 0.411 e. The summed E-state index contributed by atoms with van der Waals surface area (Å²) < 4.78 is 44.6. The molecular weight excluding hydrogens is 237 g/mol. The number of halogens is 3. The Labute approximate surface area is 96.8 Å². The van der Waals surface area contributed by atoms with E-state index in [9.17, 15) is 13.2 Å². The van der Waals surface area contributed by atoms with Gasteiger partial charge in [0.1, 0.15) is 12.4 Å². The first-order chi connectivity index (χ1) is 7.92. The molecule has 0 saturated heterocycles. The van der Waals surface area contributed by atoms with Crippen molar-refractivity contribution in [2.75, 3.05) is 13.4 Å². The van der Waals surface area contributed by atoms with Gasteiger partial charge in [0.2, 0.25) is 0 Å². The smallest absolute Gasteiger partial charge is 0.411 e. The zero-order valence-electron chi connectivity index (χ0n) is 9.25. The van der Waals surface area contributed by atoms with Crippen molar-refractivity contribution in [3.05, 3.63) is 29.3 Å². The Kier molecular flexibility index (Phi) is 4.77. The molecular formula is C11H13F3O3. The van der Waals surface area contributed by atoms with Crippen molar-refractivity contribution in [1.82, 2.24) is 0 Å².